The van der Waals surface area contributed by atoms with E-state index in [2.05, 4.69) is 5.32 Å². The number of aliphatic hydroxyl groups excluding tert-OH is 1. The third-order valence-corrected chi connectivity index (χ3v) is 5.28. The molecule has 5 N–H and O–H groups in total. The van der Waals surface area contributed by atoms with E-state index in [-0.39, 0.29) is 24.1 Å². The molecule has 0 bridgehead atoms. The number of aromatic hydroxyl groups is 2. The van der Waals surface area contributed by atoms with E-state index in [0.29, 0.717) is 17.9 Å². The lowest BCUT2D eigenvalue weighted by atomic mass is 10.1. The molecule has 4 unspecified atom stereocenters. The Labute approximate surface area is 165 Å². The van der Waals surface area contributed by atoms with Gasteiger partial charge in [0.05, 0.1) is 6.10 Å². The fourth-order valence-corrected chi connectivity index (χ4v) is 2.81. The van der Waals surface area contributed by atoms with Crippen molar-refractivity contribution in [1.29, 1.82) is 0 Å². The first-order valence-corrected chi connectivity index (χ1v) is 10.3. The minimum absolute atomic E-state index is 0.102. The Morgan fingerprint density at radius 3 is 2.36 bits per heavy atom. The van der Waals surface area contributed by atoms with Gasteiger partial charge in [-0.25, -0.2) is 0 Å². The Morgan fingerprint density at radius 2 is 1.75 bits per heavy atom. The van der Waals surface area contributed by atoms with E-state index in [1.54, 1.807) is 13.0 Å². The highest BCUT2D eigenvalue weighted by molar-refractivity contribution is 7.38. The Balaban J connectivity index is 1.79. The van der Waals surface area contributed by atoms with Gasteiger partial charge in [0.2, 0.25) is 5.66 Å². The van der Waals surface area contributed by atoms with Crippen LogP contribution in [0.25, 0.3) is 0 Å². The average Bonchev–Trinajstić information content (AvgIpc) is 2.67. The summed E-state index contributed by atoms with van der Waals surface area (Å²) in [5.41, 5.74) is 1.20. The van der Waals surface area contributed by atoms with Gasteiger partial charge in [0.1, 0.15) is 12.4 Å². The van der Waals surface area contributed by atoms with Gasteiger partial charge in [0, 0.05) is 12.6 Å². The van der Waals surface area contributed by atoms with Crippen molar-refractivity contribution in [3.05, 3.63) is 53.6 Å². The lowest BCUT2D eigenvalue weighted by molar-refractivity contribution is 0.170. The van der Waals surface area contributed by atoms with Gasteiger partial charge < -0.3 is 25.4 Å². The summed E-state index contributed by atoms with van der Waals surface area (Å²) in [5.74, 6) is 0.173. The zero-order chi connectivity index (χ0) is 20.7. The zero-order valence-electron chi connectivity index (χ0n) is 15.9. The number of phenolic OH excluding ortho intramolecular Hbond substituents is 2. The highest BCUT2D eigenvalue weighted by Gasteiger charge is 2.23. The van der Waals surface area contributed by atoms with Gasteiger partial charge in [0.15, 0.2) is 11.5 Å². The van der Waals surface area contributed by atoms with Crippen molar-refractivity contribution in [2.75, 3.05) is 13.2 Å². The van der Waals surface area contributed by atoms with Crippen LogP contribution in [0.2, 0.25) is 0 Å². The maximum atomic E-state index is 10.9. The van der Waals surface area contributed by atoms with E-state index in [4.69, 9.17) is 9.63 Å². The zero-order valence-corrected chi connectivity index (χ0v) is 16.8. The minimum Gasteiger partial charge on any atom is -0.504 e. The fraction of sp³-hybridized carbons (Fsp3) is 0.400. The Bertz CT molecular complexity index is 783. The molecule has 2 aromatic carbocycles. The molecule has 7 nitrogen and oxygen atoms in total. The minimum atomic E-state index is -2.24. The van der Waals surface area contributed by atoms with E-state index in [0.717, 1.165) is 12.0 Å². The summed E-state index contributed by atoms with van der Waals surface area (Å²) in [5, 5.41) is 32.3. The lowest BCUT2D eigenvalue weighted by Crippen LogP contribution is -2.32. The average molecular weight is 408 g/mol. The van der Waals surface area contributed by atoms with Crippen LogP contribution >= 0.6 is 8.03 Å². The number of aliphatic hydroxyl groups is 1. The van der Waals surface area contributed by atoms with Gasteiger partial charge in [-0.15, -0.1) is 0 Å². The summed E-state index contributed by atoms with van der Waals surface area (Å²) in [6.45, 7) is 4.16. The molecule has 0 saturated carbocycles. The first-order valence-electron chi connectivity index (χ1n) is 9.06. The Kier molecular flexibility index (Phi) is 8.20. The van der Waals surface area contributed by atoms with E-state index < -0.39 is 19.8 Å². The van der Waals surface area contributed by atoms with Gasteiger partial charge in [-0.05, 0) is 60.2 Å². The molecule has 0 spiro atoms. The van der Waals surface area contributed by atoms with Crippen LogP contribution in [0.15, 0.2) is 42.5 Å². The second-order valence-electron chi connectivity index (χ2n) is 6.88. The van der Waals surface area contributed by atoms with E-state index >= 15 is 0 Å². The molecule has 4 atom stereocenters. The third kappa shape index (κ3) is 6.77. The summed E-state index contributed by atoms with van der Waals surface area (Å²) < 4.78 is 16.5. The van der Waals surface area contributed by atoms with Crippen LogP contribution in [0.4, 0.5) is 0 Å². The second kappa shape index (κ2) is 10.4. The molecule has 0 radical (unpaired) electrons. The van der Waals surface area contributed by atoms with Crippen LogP contribution in [-0.2, 0) is 11.0 Å². The monoisotopic (exact) mass is 408 g/mol. The maximum Gasteiger partial charge on any atom is 0.512 e. The topological polar surface area (TPSA) is 119 Å². The van der Waals surface area contributed by atoms with Crippen LogP contribution in [0.1, 0.15) is 31.1 Å². The van der Waals surface area contributed by atoms with Crippen molar-refractivity contribution in [2.45, 2.75) is 38.1 Å². The molecule has 0 saturated heterocycles. The molecule has 0 aliphatic carbocycles. The quantitative estimate of drug-likeness (QED) is 0.303. The van der Waals surface area contributed by atoms with Crippen molar-refractivity contribution in [1.82, 2.24) is 5.32 Å². The van der Waals surface area contributed by atoms with Crippen LogP contribution in [0.3, 0.4) is 0 Å². The molecule has 0 aliphatic heterocycles. The van der Waals surface area contributed by atoms with Crippen molar-refractivity contribution in [3.8, 4) is 17.2 Å². The number of hydrogen-bond acceptors (Lipinski definition) is 6. The van der Waals surface area contributed by atoms with Gasteiger partial charge >= 0.3 is 8.03 Å². The molecule has 152 valence electrons. The lowest BCUT2D eigenvalue weighted by Gasteiger charge is -2.18. The number of ether oxygens (including phenoxy) is 1. The number of rotatable bonds is 10. The number of hydrogen-bond donors (Lipinski definition) is 5. The second-order valence-corrected chi connectivity index (χ2v) is 8.37. The normalized spacial score (nSPS) is 14.9. The van der Waals surface area contributed by atoms with Gasteiger partial charge in [0.25, 0.3) is 0 Å². The van der Waals surface area contributed by atoms with Gasteiger partial charge in [-0.2, -0.15) is 4.89 Å². The van der Waals surface area contributed by atoms with E-state index in [1.807, 2.05) is 31.2 Å². The van der Waals surface area contributed by atoms with Crippen molar-refractivity contribution in [2.24, 2.45) is 0 Å². The van der Waals surface area contributed by atoms with Gasteiger partial charge in [-0.3, -0.25) is 0 Å². The summed E-state index contributed by atoms with van der Waals surface area (Å²) >= 11 is 0. The Morgan fingerprint density at radius 1 is 1.07 bits per heavy atom. The molecule has 0 aliphatic rings. The molecule has 8 heteroatoms. The molecule has 0 fully saturated rings. The highest BCUT2D eigenvalue weighted by Crippen LogP contribution is 2.27. The summed E-state index contributed by atoms with van der Waals surface area (Å²) in [7, 11) is -2.24. The molecule has 2 aromatic rings. The molecule has 0 amide bonds. The van der Waals surface area contributed by atoms with Crippen LogP contribution in [0, 0.1) is 0 Å². The smallest absolute Gasteiger partial charge is 0.504 e. The number of phenols is 2. The van der Waals surface area contributed by atoms with Crippen LogP contribution < -0.4 is 10.1 Å². The summed E-state index contributed by atoms with van der Waals surface area (Å²) in [6, 6.07) is 11.9. The van der Waals surface area contributed by atoms with Crippen molar-refractivity contribution >= 4 is 8.03 Å². The molecule has 2 rings (SSSR count). The first-order chi connectivity index (χ1) is 13.3. The van der Waals surface area contributed by atoms with E-state index in [9.17, 15) is 19.9 Å². The van der Waals surface area contributed by atoms with Gasteiger partial charge in [-0.1, -0.05) is 18.2 Å². The third-order valence-electron chi connectivity index (χ3n) is 4.38. The summed E-state index contributed by atoms with van der Waals surface area (Å²) in [4.78, 5) is 9.01. The van der Waals surface area contributed by atoms with Crippen molar-refractivity contribution in [3.63, 3.8) is 0 Å². The Hall–Kier alpha value is -2.18. The van der Waals surface area contributed by atoms with Crippen molar-refractivity contribution < 1.29 is 29.5 Å². The predicted molar refractivity (Wildman–Crippen MR) is 107 cm³/mol. The predicted octanol–water partition coefficient (Wildman–Crippen LogP) is 2.85. The number of benzene rings is 2. The maximum absolute atomic E-state index is 10.9. The first kappa shape index (κ1) is 22.1. The standard InChI is InChI=1S/C20H26NO6P/c1-13(21-11-20(24)16-5-8-18(22)19(23)10-16)9-15-3-6-17(7-4-15)27-12-14(2)28(25)26/h3-8,10,13-14,20-21,24H,9,11-12H2,1-2H3,(H2-,22,23,25,26)/p+1. The fourth-order valence-electron chi connectivity index (χ4n) is 2.61. The molecular weight excluding hydrogens is 381 g/mol. The number of nitrogens with one attached hydrogen (secondary N) is 1. The summed E-state index contributed by atoms with van der Waals surface area (Å²) in [6.07, 6.45) is -0.0584. The molecule has 0 aromatic heterocycles. The molecule has 28 heavy (non-hydrogen) atoms. The SMILES string of the molecule is CC(Cc1ccc(OCC(C)[P+](=O)O)cc1)NCC(O)c1ccc(O)c(O)c1. The molecule has 0 heterocycles. The van der Waals surface area contributed by atoms with E-state index in [1.165, 1.54) is 12.1 Å². The van der Waals surface area contributed by atoms with Crippen LogP contribution in [-0.4, -0.2) is 45.1 Å². The largest absolute Gasteiger partial charge is 0.512 e. The molecular formula is C20H27NO6P+. The highest BCUT2D eigenvalue weighted by atomic mass is 31.1. The van der Waals surface area contributed by atoms with Crippen LogP contribution in [0.5, 0.6) is 17.2 Å².